The van der Waals surface area contributed by atoms with Crippen LogP contribution in [-0.4, -0.2) is 25.8 Å². The second-order valence-corrected chi connectivity index (χ2v) is 3.58. The molecule has 1 rings (SSSR count). The van der Waals surface area contributed by atoms with Gasteiger partial charge in [-0.2, -0.15) is 12.6 Å². The van der Waals surface area contributed by atoms with Gasteiger partial charge in [0.2, 0.25) is 5.91 Å². The number of carbonyl (C=O) groups is 1. The van der Waals surface area contributed by atoms with Crippen LogP contribution >= 0.6 is 12.6 Å². The summed E-state index contributed by atoms with van der Waals surface area (Å²) in [5, 5.41) is 0. The van der Waals surface area contributed by atoms with Gasteiger partial charge in [-0.1, -0.05) is 6.07 Å². The summed E-state index contributed by atoms with van der Waals surface area (Å²) in [6, 6.07) is 7.41. The molecule has 15 heavy (non-hydrogen) atoms. The third-order valence-electron chi connectivity index (χ3n) is 2.14. The summed E-state index contributed by atoms with van der Waals surface area (Å²) in [5.41, 5.74) is 0.834. The first kappa shape index (κ1) is 11.9. The van der Waals surface area contributed by atoms with E-state index in [9.17, 15) is 4.79 Å². The standard InChI is InChI=1S/C11H15NO2S/c1-12(11(13)6-7-15)9-4-3-5-10(8-9)14-2/h3-5,8,15H,6-7H2,1-2H3. The van der Waals surface area contributed by atoms with Crippen LogP contribution in [0, 0.1) is 0 Å². The van der Waals surface area contributed by atoms with E-state index in [1.54, 1.807) is 19.1 Å². The average molecular weight is 225 g/mol. The van der Waals surface area contributed by atoms with E-state index >= 15 is 0 Å². The minimum absolute atomic E-state index is 0.0539. The molecule has 0 saturated carbocycles. The Hall–Kier alpha value is -1.16. The van der Waals surface area contributed by atoms with Gasteiger partial charge in [-0.25, -0.2) is 0 Å². The molecule has 0 fully saturated rings. The van der Waals surface area contributed by atoms with E-state index in [0.717, 1.165) is 11.4 Å². The van der Waals surface area contributed by atoms with Crippen molar-refractivity contribution < 1.29 is 9.53 Å². The van der Waals surface area contributed by atoms with Crippen LogP contribution in [0.5, 0.6) is 5.75 Å². The SMILES string of the molecule is COc1cccc(N(C)C(=O)CCS)c1. The van der Waals surface area contributed by atoms with Gasteiger partial charge in [0.25, 0.3) is 0 Å². The summed E-state index contributed by atoms with van der Waals surface area (Å²) in [6.07, 6.45) is 0.441. The van der Waals surface area contributed by atoms with E-state index in [2.05, 4.69) is 12.6 Å². The normalized spacial score (nSPS) is 9.80. The van der Waals surface area contributed by atoms with Crippen molar-refractivity contribution >= 4 is 24.2 Å². The maximum atomic E-state index is 11.6. The summed E-state index contributed by atoms with van der Waals surface area (Å²) < 4.78 is 5.09. The first-order chi connectivity index (χ1) is 7.19. The number of carbonyl (C=O) groups excluding carboxylic acids is 1. The Morgan fingerprint density at radius 2 is 2.27 bits per heavy atom. The Morgan fingerprint density at radius 1 is 1.53 bits per heavy atom. The van der Waals surface area contributed by atoms with Gasteiger partial charge in [0.1, 0.15) is 5.75 Å². The number of nitrogens with zero attached hydrogens (tertiary/aromatic N) is 1. The number of amides is 1. The molecule has 82 valence electrons. The molecule has 0 saturated heterocycles. The van der Waals surface area contributed by atoms with E-state index < -0.39 is 0 Å². The number of hydrogen-bond donors (Lipinski definition) is 1. The van der Waals surface area contributed by atoms with E-state index in [1.807, 2.05) is 24.3 Å². The maximum absolute atomic E-state index is 11.6. The van der Waals surface area contributed by atoms with Gasteiger partial charge in [-0.15, -0.1) is 0 Å². The quantitative estimate of drug-likeness (QED) is 0.794. The molecular weight excluding hydrogens is 210 g/mol. The first-order valence-corrected chi connectivity index (χ1v) is 5.33. The van der Waals surface area contributed by atoms with Crippen LogP contribution in [0.1, 0.15) is 6.42 Å². The molecule has 0 radical (unpaired) electrons. The molecule has 0 aromatic heterocycles. The fourth-order valence-electron chi connectivity index (χ4n) is 1.23. The molecule has 0 heterocycles. The molecule has 3 nitrogen and oxygen atoms in total. The van der Waals surface area contributed by atoms with Crippen LogP contribution in [0.2, 0.25) is 0 Å². The lowest BCUT2D eigenvalue weighted by Gasteiger charge is -2.17. The minimum Gasteiger partial charge on any atom is -0.497 e. The van der Waals surface area contributed by atoms with Crippen molar-refractivity contribution in [2.45, 2.75) is 6.42 Å². The molecule has 0 aliphatic carbocycles. The number of rotatable bonds is 4. The van der Waals surface area contributed by atoms with E-state index in [1.165, 1.54) is 0 Å². The van der Waals surface area contributed by atoms with Crippen LogP contribution < -0.4 is 9.64 Å². The van der Waals surface area contributed by atoms with Crippen LogP contribution in [-0.2, 0) is 4.79 Å². The second kappa shape index (κ2) is 5.66. The third kappa shape index (κ3) is 3.16. The molecule has 0 unspecified atom stereocenters. The minimum atomic E-state index is 0.0539. The van der Waals surface area contributed by atoms with Gasteiger partial charge in [-0.3, -0.25) is 4.79 Å². The molecule has 1 aromatic carbocycles. The molecule has 0 spiro atoms. The summed E-state index contributed by atoms with van der Waals surface area (Å²) >= 11 is 4.03. The van der Waals surface area contributed by atoms with E-state index in [0.29, 0.717) is 12.2 Å². The monoisotopic (exact) mass is 225 g/mol. The summed E-state index contributed by atoms with van der Waals surface area (Å²) in [6.45, 7) is 0. The lowest BCUT2D eigenvalue weighted by Crippen LogP contribution is -2.26. The highest BCUT2D eigenvalue weighted by molar-refractivity contribution is 7.80. The number of methoxy groups -OCH3 is 1. The number of hydrogen-bond acceptors (Lipinski definition) is 3. The Kier molecular flexibility index (Phi) is 4.49. The van der Waals surface area contributed by atoms with Gasteiger partial charge < -0.3 is 9.64 Å². The number of ether oxygens (including phenoxy) is 1. The van der Waals surface area contributed by atoms with E-state index in [4.69, 9.17) is 4.74 Å². The largest absolute Gasteiger partial charge is 0.497 e. The number of thiol groups is 1. The smallest absolute Gasteiger partial charge is 0.227 e. The van der Waals surface area contributed by atoms with Crippen molar-refractivity contribution in [3.8, 4) is 5.75 Å². The second-order valence-electron chi connectivity index (χ2n) is 3.13. The molecule has 1 amide bonds. The van der Waals surface area contributed by atoms with Crippen molar-refractivity contribution in [1.82, 2.24) is 0 Å². The summed E-state index contributed by atoms with van der Waals surface area (Å²) in [7, 11) is 3.36. The molecule has 0 aliphatic heterocycles. The average Bonchev–Trinajstić information content (AvgIpc) is 2.28. The van der Waals surface area contributed by atoms with Crippen molar-refractivity contribution in [3.05, 3.63) is 24.3 Å². The van der Waals surface area contributed by atoms with Crippen molar-refractivity contribution in [3.63, 3.8) is 0 Å². The van der Waals surface area contributed by atoms with Crippen molar-refractivity contribution in [2.75, 3.05) is 24.8 Å². The highest BCUT2D eigenvalue weighted by Gasteiger charge is 2.09. The van der Waals surface area contributed by atoms with Gasteiger partial charge in [-0.05, 0) is 17.9 Å². The zero-order valence-electron chi connectivity index (χ0n) is 8.93. The molecular formula is C11H15NO2S. The predicted octanol–water partition coefficient (Wildman–Crippen LogP) is 1.98. The van der Waals surface area contributed by atoms with Gasteiger partial charge >= 0.3 is 0 Å². The molecule has 1 aromatic rings. The third-order valence-corrected chi connectivity index (χ3v) is 2.36. The van der Waals surface area contributed by atoms with Crippen LogP contribution in [0.4, 0.5) is 5.69 Å². The maximum Gasteiger partial charge on any atom is 0.227 e. The van der Waals surface area contributed by atoms with Gasteiger partial charge in [0, 0.05) is 25.2 Å². The zero-order chi connectivity index (χ0) is 11.3. The lowest BCUT2D eigenvalue weighted by molar-refractivity contribution is -0.117. The zero-order valence-corrected chi connectivity index (χ0v) is 9.83. The first-order valence-electron chi connectivity index (χ1n) is 4.70. The fourth-order valence-corrected chi connectivity index (χ4v) is 1.42. The van der Waals surface area contributed by atoms with Gasteiger partial charge in [0.05, 0.1) is 7.11 Å². The molecule has 0 aliphatic rings. The predicted molar refractivity (Wildman–Crippen MR) is 64.9 cm³/mol. The molecule has 0 bridgehead atoms. The molecule has 4 heteroatoms. The summed E-state index contributed by atoms with van der Waals surface area (Å²) in [4.78, 5) is 13.2. The fraction of sp³-hybridized carbons (Fsp3) is 0.364. The Labute approximate surface area is 95.4 Å². The Bertz CT molecular complexity index is 341. The highest BCUT2D eigenvalue weighted by atomic mass is 32.1. The highest BCUT2D eigenvalue weighted by Crippen LogP contribution is 2.20. The number of benzene rings is 1. The summed E-state index contributed by atoms with van der Waals surface area (Å²) in [5.74, 6) is 1.36. The molecule has 0 atom stereocenters. The van der Waals surface area contributed by atoms with Crippen LogP contribution in [0.25, 0.3) is 0 Å². The Morgan fingerprint density at radius 3 is 2.87 bits per heavy atom. The van der Waals surface area contributed by atoms with Crippen LogP contribution in [0.3, 0.4) is 0 Å². The Balaban J connectivity index is 2.81. The number of anilines is 1. The topological polar surface area (TPSA) is 29.5 Å². The van der Waals surface area contributed by atoms with Crippen LogP contribution in [0.15, 0.2) is 24.3 Å². The van der Waals surface area contributed by atoms with Crippen molar-refractivity contribution in [2.24, 2.45) is 0 Å². The van der Waals surface area contributed by atoms with Crippen molar-refractivity contribution in [1.29, 1.82) is 0 Å². The molecule has 0 N–H and O–H groups in total. The van der Waals surface area contributed by atoms with Gasteiger partial charge in [0.15, 0.2) is 0 Å². The lowest BCUT2D eigenvalue weighted by atomic mass is 10.2. The van der Waals surface area contributed by atoms with E-state index in [-0.39, 0.29) is 5.91 Å².